The lowest BCUT2D eigenvalue weighted by molar-refractivity contribution is 0.0996. The van der Waals surface area contributed by atoms with Crippen LogP contribution in [0.1, 0.15) is 47.3 Å². The molecule has 0 saturated heterocycles. The van der Waals surface area contributed by atoms with Crippen LogP contribution in [0.2, 0.25) is 0 Å². The summed E-state index contributed by atoms with van der Waals surface area (Å²) in [5.74, 6) is 0.906. The molecule has 3 aromatic carbocycles. The van der Waals surface area contributed by atoms with Crippen molar-refractivity contribution in [2.45, 2.75) is 31.8 Å². The number of rotatable bonds is 11. The van der Waals surface area contributed by atoms with Gasteiger partial charge in [-0.1, -0.05) is 54.6 Å². The molecule has 1 amide bonds. The molecule has 0 radical (unpaired) electrons. The zero-order valence-electron chi connectivity index (χ0n) is 18.1. The number of benzene rings is 3. The largest absolute Gasteiger partial charge is 0.497 e. The van der Waals surface area contributed by atoms with Crippen molar-refractivity contribution in [1.82, 2.24) is 5.32 Å². The number of primary amides is 1. The van der Waals surface area contributed by atoms with E-state index in [9.17, 15) is 4.79 Å². The van der Waals surface area contributed by atoms with E-state index in [2.05, 4.69) is 48.6 Å². The Balaban J connectivity index is 1.59. The molecule has 0 aromatic heterocycles. The number of ether oxygens (including phenoxy) is 2. The van der Waals surface area contributed by atoms with Crippen molar-refractivity contribution in [3.8, 4) is 11.5 Å². The second-order valence-corrected chi connectivity index (χ2v) is 7.54. The minimum atomic E-state index is -0.476. The van der Waals surface area contributed by atoms with Crippen molar-refractivity contribution in [3.63, 3.8) is 0 Å². The Bertz CT molecular complexity index is 958. The van der Waals surface area contributed by atoms with Gasteiger partial charge >= 0.3 is 0 Å². The Labute approximate surface area is 184 Å². The van der Waals surface area contributed by atoms with Crippen molar-refractivity contribution in [3.05, 3.63) is 95.6 Å². The lowest BCUT2D eigenvalue weighted by Gasteiger charge is -2.25. The zero-order chi connectivity index (χ0) is 22.1. The van der Waals surface area contributed by atoms with Gasteiger partial charge in [0.2, 0.25) is 0 Å². The highest BCUT2D eigenvalue weighted by Crippen LogP contribution is 2.25. The van der Waals surface area contributed by atoms with Gasteiger partial charge in [0.15, 0.2) is 0 Å². The summed E-state index contributed by atoms with van der Waals surface area (Å²) < 4.78 is 11.1. The number of carbonyl (C=O) groups is 1. The van der Waals surface area contributed by atoms with E-state index >= 15 is 0 Å². The van der Waals surface area contributed by atoms with E-state index in [-0.39, 0.29) is 12.1 Å². The van der Waals surface area contributed by atoms with Gasteiger partial charge < -0.3 is 20.5 Å². The third kappa shape index (κ3) is 6.33. The molecule has 0 aliphatic carbocycles. The van der Waals surface area contributed by atoms with Crippen LogP contribution in [0.4, 0.5) is 0 Å². The van der Waals surface area contributed by atoms with Crippen molar-refractivity contribution < 1.29 is 14.3 Å². The highest BCUT2D eigenvalue weighted by Gasteiger charge is 2.17. The molecule has 3 rings (SSSR count). The van der Waals surface area contributed by atoms with E-state index in [1.807, 2.05) is 24.3 Å². The van der Waals surface area contributed by atoms with Crippen molar-refractivity contribution in [2.75, 3.05) is 13.7 Å². The molecule has 0 fully saturated rings. The summed E-state index contributed by atoms with van der Waals surface area (Å²) >= 11 is 0. The second-order valence-electron chi connectivity index (χ2n) is 7.54. The van der Waals surface area contributed by atoms with Gasteiger partial charge in [0.1, 0.15) is 11.5 Å². The first-order chi connectivity index (χ1) is 15.1. The summed E-state index contributed by atoms with van der Waals surface area (Å²) in [6.45, 7) is 2.70. The molecule has 0 heterocycles. The van der Waals surface area contributed by atoms with Crippen molar-refractivity contribution in [1.29, 1.82) is 0 Å². The fourth-order valence-corrected chi connectivity index (χ4v) is 3.56. The maximum absolute atomic E-state index is 11.5. The lowest BCUT2D eigenvalue weighted by Crippen LogP contribution is -2.31. The molecule has 162 valence electrons. The van der Waals surface area contributed by atoms with Crippen LogP contribution >= 0.6 is 0 Å². The van der Waals surface area contributed by atoms with Gasteiger partial charge in [-0.15, -0.1) is 0 Å². The fourth-order valence-electron chi connectivity index (χ4n) is 3.56. The standard InChI is InChI=1S/C26H30N2O3/c1-19(9-8-18-31-24-13-7-6-12-23(24)26(27)29)28-25(20-10-4-3-5-11-20)21-14-16-22(30-2)17-15-21/h3-7,10-17,19,25,28H,8-9,18H2,1-2H3,(H2,27,29)/t19-,25-/m1/s1. The molecular weight excluding hydrogens is 388 g/mol. The highest BCUT2D eigenvalue weighted by atomic mass is 16.5. The van der Waals surface area contributed by atoms with Crippen LogP contribution in [0.5, 0.6) is 11.5 Å². The molecule has 5 heteroatoms. The monoisotopic (exact) mass is 418 g/mol. The smallest absolute Gasteiger partial charge is 0.252 e. The predicted molar refractivity (Wildman–Crippen MR) is 124 cm³/mol. The zero-order valence-corrected chi connectivity index (χ0v) is 18.1. The highest BCUT2D eigenvalue weighted by molar-refractivity contribution is 5.95. The average molecular weight is 419 g/mol. The lowest BCUT2D eigenvalue weighted by atomic mass is 9.97. The quantitative estimate of drug-likeness (QED) is 0.442. The predicted octanol–water partition coefficient (Wildman–Crippen LogP) is 4.72. The first-order valence-corrected chi connectivity index (χ1v) is 10.5. The van der Waals surface area contributed by atoms with Crippen LogP contribution in [0.25, 0.3) is 0 Å². The number of para-hydroxylation sites is 1. The molecular formula is C26H30N2O3. The molecule has 31 heavy (non-hydrogen) atoms. The summed E-state index contributed by atoms with van der Waals surface area (Å²) in [6.07, 6.45) is 1.78. The number of amides is 1. The number of hydrogen-bond acceptors (Lipinski definition) is 4. The van der Waals surface area contributed by atoms with Gasteiger partial charge in [0.05, 0.1) is 25.3 Å². The van der Waals surface area contributed by atoms with Gasteiger partial charge in [-0.05, 0) is 55.2 Å². The van der Waals surface area contributed by atoms with Crippen LogP contribution in [-0.2, 0) is 0 Å². The minimum Gasteiger partial charge on any atom is -0.497 e. The first-order valence-electron chi connectivity index (χ1n) is 10.5. The van der Waals surface area contributed by atoms with Gasteiger partial charge in [-0.3, -0.25) is 4.79 Å². The molecule has 0 unspecified atom stereocenters. The number of nitrogens with two attached hydrogens (primary N) is 1. The SMILES string of the molecule is COc1ccc([C@H](N[C@H](C)CCCOc2ccccc2C(N)=O)c2ccccc2)cc1. The normalized spacial score (nSPS) is 12.7. The molecule has 3 N–H and O–H groups in total. The first kappa shape index (κ1) is 22.4. The maximum atomic E-state index is 11.5. The van der Waals surface area contributed by atoms with E-state index in [0.29, 0.717) is 17.9 Å². The van der Waals surface area contributed by atoms with Crippen LogP contribution in [0.15, 0.2) is 78.9 Å². The van der Waals surface area contributed by atoms with E-state index in [1.54, 1.807) is 25.3 Å². The molecule has 0 aliphatic heterocycles. The second kappa shape index (κ2) is 11.2. The third-order valence-electron chi connectivity index (χ3n) is 5.22. The molecule has 0 aliphatic rings. The van der Waals surface area contributed by atoms with E-state index in [4.69, 9.17) is 15.2 Å². The topological polar surface area (TPSA) is 73.6 Å². The van der Waals surface area contributed by atoms with Crippen molar-refractivity contribution >= 4 is 5.91 Å². The Kier molecular flexibility index (Phi) is 8.07. The summed E-state index contributed by atoms with van der Waals surface area (Å²) in [4.78, 5) is 11.5. The summed E-state index contributed by atoms with van der Waals surface area (Å²) in [5.41, 5.74) is 8.23. The summed E-state index contributed by atoms with van der Waals surface area (Å²) in [6, 6.07) is 26.0. The van der Waals surface area contributed by atoms with Gasteiger partial charge in [-0.25, -0.2) is 0 Å². The van der Waals surface area contributed by atoms with Gasteiger partial charge in [0, 0.05) is 6.04 Å². The molecule has 2 atom stereocenters. The minimum absolute atomic E-state index is 0.0820. The average Bonchev–Trinajstić information content (AvgIpc) is 2.81. The Morgan fingerprint density at radius 3 is 2.26 bits per heavy atom. The van der Waals surface area contributed by atoms with E-state index < -0.39 is 5.91 Å². The van der Waals surface area contributed by atoms with Crippen molar-refractivity contribution in [2.24, 2.45) is 5.73 Å². The molecule has 0 saturated carbocycles. The van der Waals surface area contributed by atoms with Gasteiger partial charge in [-0.2, -0.15) is 0 Å². The molecule has 5 nitrogen and oxygen atoms in total. The fraction of sp³-hybridized carbons (Fsp3) is 0.269. The third-order valence-corrected chi connectivity index (χ3v) is 5.22. The molecule has 3 aromatic rings. The molecule has 0 spiro atoms. The van der Waals surface area contributed by atoms with Crippen LogP contribution in [0, 0.1) is 0 Å². The number of hydrogen-bond donors (Lipinski definition) is 2. The van der Waals surface area contributed by atoms with Gasteiger partial charge in [0.25, 0.3) is 5.91 Å². The number of nitrogens with one attached hydrogen (secondary N) is 1. The van der Waals surface area contributed by atoms with Crippen LogP contribution in [-0.4, -0.2) is 25.7 Å². The van der Waals surface area contributed by atoms with Crippen LogP contribution < -0.4 is 20.5 Å². The number of carbonyl (C=O) groups excluding carboxylic acids is 1. The van der Waals surface area contributed by atoms with E-state index in [1.165, 1.54) is 11.1 Å². The summed E-state index contributed by atoms with van der Waals surface area (Å²) in [7, 11) is 1.67. The van der Waals surface area contributed by atoms with E-state index in [0.717, 1.165) is 18.6 Å². The summed E-state index contributed by atoms with van der Waals surface area (Å²) in [5, 5.41) is 3.74. The Morgan fingerprint density at radius 2 is 1.58 bits per heavy atom. The molecule has 0 bridgehead atoms. The Hall–Kier alpha value is -3.31. The maximum Gasteiger partial charge on any atom is 0.252 e. The Morgan fingerprint density at radius 1 is 0.935 bits per heavy atom. The van der Waals surface area contributed by atoms with Crippen LogP contribution in [0.3, 0.4) is 0 Å². The number of methoxy groups -OCH3 is 1.